The number of hydrogen-bond donors (Lipinski definition) is 2. The summed E-state index contributed by atoms with van der Waals surface area (Å²) in [6, 6.07) is 8.80. The van der Waals surface area contributed by atoms with Gasteiger partial charge in [0.15, 0.2) is 0 Å². The standard InChI is InChI=1S/C14H20N4/c1-3-7-15-13(14-16-10-17-18-14)9-12-6-4-5-11(2)8-12/h4-6,8,10,13,15H,3,7,9H2,1-2H3,(H,16,17,18). The first-order valence-electron chi connectivity index (χ1n) is 6.43. The Morgan fingerprint density at radius 2 is 2.28 bits per heavy atom. The molecule has 4 nitrogen and oxygen atoms in total. The third-order valence-electron chi connectivity index (χ3n) is 2.93. The molecule has 0 radical (unpaired) electrons. The molecule has 2 rings (SSSR count). The Labute approximate surface area is 108 Å². The molecule has 0 saturated carbocycles. The number of aromatic nitrogens is 3. The van der Waals surface area contributed by atoms with Crippen LogP contribution >= 0.6 is 0 Å². The molecule has 0 bridgehead atoms. The van der Waals surface area contributed by atoms with Gasteiger partial charge in [0.2, 0.25) is 0 Å². The predicted molar refractivity (Wildman–Crippen MR) is 72.3 cm³/mol. The van der Waals surface area contributed by atoms with E-state index in [9.17, 15) is 0 Å². The topological polar surface area (TPSA) is 53.6 Å². The average Bonchev–Trinajstić information content (AvgIpc) is 2.88. The van der Waals surface area contributed by atoms with Gasteiger partial charge in [0.05, 0.1) is 6.04 Å². The molecule has 1 atom stereocenters. The molecule has 0 aliphatic carbocycles. The molecule has 1 aromatic carbocycles. The zero-order valence-corrected chi connectivity index (χ0v) is 11.0. The first-order valence-corrected chi connectivity index (χ1v) is 6.43. The van der Waals surface area contributed by atoms with Crippen LogP contribution in [0.5, 0.6) is 0 Å². The van der Waals surface area contributed by atoms with Gasteiger partial charge in [0.25, 0.3) is 0 Å². The van der Waals surface area contributed by atoms with Gasteiger partial charge in [0, 0.05) is 0 Å². The Bertz CT molecular complexity index is 464. The molecule has 0 fully saturated rings. The summed E-state index contributed by atoms with van der Waals surface area (Å²) in [6.07, 6.45) is 3.60. The van der Waals surface area contributed by atoms with Crippen molar-refractivity contribution >= 4 is 0 Å². The van der Waals surface area contributed by atoms with Crippen molar-refractivity contribution in [1.82, 2.24) is 20.5 Å². The maximum Gasteiger partial charge on any atom is 0.141 e. The van der Waals surface area contributed by atoms with Crippen LogP contribution < -0.4 is 5.32 Å². The number of H-pyrrole nitrogens is 1. The zero-order chi connectivity index (χ0) is 12.8. The second-order valence-corrected chi connectivity index (χ2v) is 4.57. The molecule has 2 aromatic rings. The van der Waals surface area contributed by atoms with Gasteiger partial charge < -0.3 is 5.32 Å². The van der Waals surface area contributed by atoms with Crippen molar-refractivity contribution in [2.45, 2.75) is 32.7 Å². The summed E-state index contributed by atoms with van der Waals surface area (Å²) in [5.41, 5.74) is 2.61. The van der Waals surface area contributed by atoms with Gasteiger partial charge in [-0.2, -0.15) is 5.10 Å². The molecule has 18 heavy (non-hydrogen) atoms. The summed E-state index contributed by atoms with van der Waals surface area (Å²) in [5.74, 6) is 0.907. The van der Waals surface area contributed by atoms with Crippen LogP contribution in [-0.4, -0.2) is 21.7 Å². The normalized spacial score (nSPS) is 12.6. The van der Waals surface area contributed by atoms with E-state index in [0.29, 0.717) is 0 Å². The van der Waals surface area contributed by atoms with E-state index in [0.717, 1.165) is 25.2 Å². The van der Waals surface area contributed by atoms with Crippen molar-refractivity contribution in [1.29, 1.82) is 0 Å². The van der Waals surface area contributed by atoms with Crippen LogP contribution in [0.25, 0.3) is 0 Å². The smallest absolute Gasteiger partial charge is 0.141 e. The number of nitrogens with zero attached hydrogens (tertiary/aromatic N) is 2. The van der Waals surface area contributed by atoms with Crippen LogP contribution in [0, 0.1) is 6.92 Å². The van der Waals surface area contributed by atoms with Gasteiger partial charge in [-0.3, -0.25) is 5.10 Å². The fourth-order valence-electron chi connectivity index (χ4n) is 2.04. The summed E-state index contributed by atoms with van der Waals surface area (Å²) in [6.45, 7) is 5.26. The molecule has 0 saturated heterocycles. The van der Waals surface area contributed by atoms with Crippen LogP contribution in [0.15, 0.2) is 30.6 Å². The van der Waals surface area contributed by atoms with Crippen molar-refractivity contribution in [3.05, 3.63) is 47.5 Å². The minimum Gasteiger partial charge on any atom is -0.307 e. The molecule has 0 aliphatic heterocycles. The fraction of sp³-hybridized carbons (Fsp3) is 0.429. The Morgan fingerprint density at radius 3 is 2.94 bits per heavy atom. The highest BCUT2D eigenvalue weighted by Crippen LogP contribution is 2.15. The number of benzene rings is 1. The fourth-order valence-corrected chi connectivity index (χ4v) is 2.04. The lowest BCUT2D eigenvalue weighted by molar-refractivity contribution is 0.506. The Balaban J connectivity index is 2.10. The third-order valence-corrected chi connectivity index (χ3v) is 2.93. The van der Waals surface area contributed by atoms with Crippen LogP contribution in [-0.2, 0) is 6.42 Å². The Morgan fingerprint density at radius 1 is 1.39 bits per heavy atom. The minimum absolute atomic E-state index is 0.203. The number of aromatic amines is 1. The van der Waals surface area contributed by atoms with Gasteiger partial charge in [0.1, 0.15) is 12.2 Å². The second-order valence-electron chi connectivity index (χ2n) is 4.57. The SMILES string of the molecule is CCCNC(Cc1cccc(C)c1)c1ncn[nH]1. The summed E-state index contributed by atoms with van der Waals surface area (Å²) < 4.78 is 0. The highest BCUT2D eigenvalue weighted by molar-refractivity contribution is 5.23. The van der Waals surface area contributed by atoms with Crippen molar-refractivity contribution in [3.63, 3.8) is 0 Å². The van der Waals surface area contributed by atoms with Crippen molar-refractivity contribution < 1.29 is 0 Å². The molecule has 0 amide bonds. The maximum absolute atomic E-state index is 4.26. The molecule has 2 N–H and O–H groups in total. The van der Waals surface area contributed by atoms with E-state index in [1.165, 1.54) is 11.1 Å². The molecule has 1 unspecified atom stereocenters. The van der Waals surface area contributed by atoms with E-state index >= 15 is 0 Å². The van der Waals surface area contributed by atoms with E-state index in [1.807, 2.05) is 0 Å². The molecule has 1 heterocycles. The van der Waals surface area contributed by atoms with Gasteiger partial charge in [-0.15, -0.1) is 0 Å². The lowest BCUT2D eigenvalue weighted by Crippen LogP contribution is -2.25. The molecular formula is C14H20N4. The molecular weight excluding hydrogens is 224 g/mol. The van der Waals surface area contributed by atoms with E-state index in [4.69, 9.17) is 0 Å². The van der Waals surface area contributed by atoms with Crippen molar-refractivity contribution in [3.8, 4) is 0 Å². The van der Waals surface area contributed by atoms with E-state index in [-0.39, 0.29) is 6.04 Å². The van der Waals surface area contributed by atoms with Crippen LogP contribution in [0.4, 0.5) is 0 Å². The number of aryl methyl sites for hydroxylation is 1. The number of nitrogens with one attached hydrogen (secondary N) is 2. The molecule has 4 heteroatoms. The van der Waals surface area contributed by atoms with Crippen molar-refractivity contribution in [2.75, 3.05) is 6.54 Å². The van der Waals surface area contributed by atoms with Gasteiger partial charge in [-0.05, 0) is 31.9 Å². The predicted octanol–water partition coefficient (Wildman–Crippen LogP) is 2.40. The monoisotopic (exact) mass is 244 g/mol. The maximum atomic E-state index is 4.26. The van der Waals surface area contributed by atoms with Gasteiger partial charge in [-0.1, -0.05) is 36.8 Å². The highest BCUT2D eigenvalue weighted by atomic mass is 15.2. The lowest BCUT2D eigenvalue weighted by atomic mass is 10.0. The summed E-state index contributed by atoms with van der Waals surface area (Å²) in [5, 5.41) is 10.4. The van der Waals surface area contributed by atoms with Gasteiger partial charge >= 0.3 is 0 Å². The van der Waals surface area contributed by atoms with E-state index in [1.54, 1.807) is 6.33 Å². The number of rotatable bonds is 6. The van der Waals surface area contributed by atoms with Crippen LogP contribution in [0.2, 0.25) is 0 Å². The quantitative estimate of drug-likeness (QED) is 0.820. The molecule has 1 aromatic heterocycles. The lowest BCUT2D eigenvalue weighted by Gasteiger charge is -2.16. The second kappa shape index (κ2) is 6.31. The number of hydrogen-bond acceptors (Lipinski definition) is 3. The van der Waals surface area contributed by atoms with E-state index in [2.05, 4.69) is 58.6 Å². The zero-order valence-electron chi connectivity index (χ0n) is 11.0. The summed E-state index contributed by atoms with van der Waals surface area (Å²) in [7, 11) is 0. The van der Waals surface area contributed by atoms with Crippen LogP contribution in [0.3, 0.4) is 0 Å². The first-order chi connectivity index (χ1) is 8.79. The summed E-state index contributed by atoms with van der Waals surface area (Å²) >= 11 is 0. The highest BCUT2D eigenvalue weighted by Gasteiger charge is 2.14. The summed E-state index contributed by atoms with van der Waals surface area (Å²) in [4.78, 5) is 4.26. The van der Waals surface area contributed by atoms with Gasteiger partial charge in [-0.25, -0.2) is 4.98 Å². The minimum atomic E-state index is 0.203. The van der Waals surface area contributed by atoms with Crippen molar-refractivity contribution in [2.24, 2.45) is 0 Å². The largest absolute Gasteiger partial charge is 0.307 e. The van der Waals surface area contributed by atoms with E-state index < -0.39 is 0 Å². The Kier molecular flexibility index (Phi) is 4.47. The molecule has 0 spiro atoms. The first kappa shape index (κ1) is 12.8. The average molecular weight is 244 g/mol. The molecule has 96 valence electrons. The van der Waals surface area contributed by atoms with Crippen LogP contribution in [0.1, 0.15) is 36.3 Å². The molecule has 0 aliphatic rings. The third kappa shape index (κ3) is 3.40. The Hall–Kier alpha value is -1.68.